The molecule has 1 heterocycles. The maximum absolute atomic E-state index is 13.7. The molecule has 0 aliphatic carbocycles. The summed E-state index contributed by atoms with van der Waals surface area (Å²) in [5.74, 6) is 0.520. The average Bonchev–Trinajstić information content (AvgIpc) is 3.25. The van der Waals surface area contributed by atoms with Crippen molar-refractivity contribution in [2.24, 2.45) is 4.99 Å². The minimum absolute atomic E-state index is 0.181. The number of aliphatic imine (C=N–C) groups is 1. The number of benzene rings is 4. The first-order valence-corrected chi connectivity index (χ1v) is 10.6. The first-order valence-electron chi connectivity index (χ1n) is 10.6. The topological polar surface area (TPSA) is 62.4 Å². The number of rotatable bonds is 5. The third kappa shape index (κ3) is 3.31. The first-order chi connectivity index (χ1) is 16.2. The Labute approximate surface area is 192 Å². The molecule has 0 unspecified atom stereocenters. The number of carbonyl (C=O) groups is 1. The Bertz CT molecular complexity index is 1360. The second-order valence-electron chi connectivity index (χ2n) is 7.83. The SMILES string of the molecule is COc1ccc2c(c1)C(c1ccccc1)(c1ccccc1)N=C2C(=O)c1ccc(C#N)cc1. The highest BCUT2D eigenvalue weighted by Gasteiger charge is 2.45. The van der Waals surface area contributed by atoms with E-state index in [2.05, 4.69) is 6.07 Å². The molecule has 1 aliphatic heterocycles. The molecule has 0 fully saturated rings. The quantitative estimate of drug-likeness (QED) is 0.392. The van der Waals surface area contributed by atoms with Gasteiger partial charge in [0, 0.05) is 16.7 Å². The molecular weight excluding hydrogens is 408 g/mol. The monoisotopic (exact) mass is 428 g/mol. The van der Waals surface area contributed by atoms with Crippen LogP contribution in [0.25, 0.3) is 0 Å². The van der Waals surface area contributed by atoms with Crippen molar-refractivity contribution in [1.29, 1.82) is 5.26 Å². The zero-order chi connectivity index (χ0) is 22.8. The third-order valence-corrected chi connectivity index (χ3v) is 6.03. The highest BCUT2D eigenvalue weighted by atomic mass is 16.5. The number of fused-ring (bicyclic) bond motifs is 1. The maximum atomic E-state index is 13.7. The van der Waals surface area contributed by atoms with Crippen LogP contribution in [0.3, 0.4) is 0 Å². The Morgan fingerprint density at radius 1 is 0.848 bits per heavy atom. The first kappa shape index (κ1) is 20.4. The molecule has 158 valence electrons. The van der Waals surface area contributed by atoms with Crippen molar-refractivity contribution < 1.29 is 9.53 Å². The fourth-order valence-corrected chi connectivity index (χ4v) is 4.42. The van der Waals surface area contributed by atoms with Gasteiger partial charge in [-0.15, -0.1) is 0 Å². The highest BCUT2D eigenvalue weighted by molar-refractivity contribution is 6.52. The minimum Gasteiger partial charge on any atom is -0.497 e. The van der Waals surface area contributed by atoms with Crippen molar-refractivity contribution in [2.45, 2.75) is 5.54 Å². The van der Waals surface area contributed by atoms with E-state index >= 15 is 0 Å². The van der Waals surface area contributed by atoms with Crippen LogP contribution < -0.4 is 4.74 Å². The molecule has 0 aromatic heterocycles. The Morgan fingerprint density at radius 3 is 2.00 bits per heavy atom. The zero-order valence-corrected chi connectivity index (χ0v) is 18.0. The summed E-state index contributed by atoms with van der Waals surface area (Å²) in [5, 5.41) is 9.11. The Hall–Kier alpha value is -4.49. The van der Waals surface area contributed by atoms with Gasteiger partial charge in [0.15, 0.2) is 0 Å². The summed E-state index contributed by atoms with van der Waals surface area (Å²) in [6.45, 7) is 0. The van der Waals surface area contributed by atoms with Gasteiger partial charge < -0.3 is 4.74 Å². The van der Waals surface area contributed by atoms with Crippen molar-refractivity contribution >= 4 is 11.5 Å². The van der Waals surface area contributed by atoms with Gasteiger partial charge in [0.1, 0.15) is 17.0 Å². The lowest BCUT2D eigenvalue weighted by atomic mass is 9.77. The number of nitrogens with zero attached hydrogens (tertiary/aromatic N) is 2. The van der Waals surface area contributed by atoms with Crippen LogP contribution in [0.2, 0.25) is 0 Å². The summed E-state index contributed by atoms with van der Waals surface area (Å²) in [6.07, 6.45) is 0. The largest absolute Gasteiger partial charge is 0.497 e. The molecule has 4 nitrogen and oxygen atoms in total. The second kappa shape index (κ2) is 8.22. The summed E-state index contributed by atoms with van der Waals surface area (Å²) in [7, 11) is 1.63. The predicted molar refractivity (Wildman–Crippen MR) is 128 cm³/mol. The molecule has 4 aromatic rings. The van der Waals surface area contributed by atoms with E-state index in [0.717, 1.165) is 22.3 Å². The predicted octanol–water partition coefficient (Wildman–Crippen LogP) is 5.54. The van der Waals surface area contributed by atoms with E-state index in [0.29, 0.717) is 22.6 Å². The summed E-state index contributed by atoms with van der Waals surface area (Å²) < 4.78 is 5.54. The number of methoxy groups -OCH3 is 1. The van der Waals surface area contributed by atoms with Crippen molar-refractivity contribution in [2.75, 3.05) is 7.11 Å². The lowest BCUT2D eigenvalue weighted by molar-refractivity contribution is 0.106. The van der Waals surface area contributed by atoms with Gasteiger partial charge in [-0.05, 0) is 53.6 Å². The van der Waals surface area contributed by atoms with Gasteiger partial charge in [0.2, 0.25) is 5.78 Å². The molecule has 5 rings (SSSR count). The molecule has 0 atom stereocenters. The van der Waals surface area contributed by atoms with Crippen molar-refractivity contribution in [3.63, 3.8) is 0 Å². The zero-order valence-electron chi connectivity index (χ0n) is 18.0. The van der Waals surface area contributed by atoms with Crippen LogP contribution in [0.5, 0.6) is 5.75 Å². The van der Waals surface area contributed by atoms with Gasteiger partial charge in [-0.25, -0.2) is 0 Å². The van der Waals surface area contributed by atoms with E-state index < -0.39 is 5.54 Å². The Balaban J connectivity index is 1.79. The summed E-state index contributed by atoms with van der Waals surface area (Å²) in [4.78, 5) is 18.8. The van der Waals surface area contributed by atoms with Crippen molar-refractivity contribution in [3.05, 3.63) is 137 Å². The molecular formula is C29H20N2O2. The van der Waals surface area contributed by atoms with Gasteiger partial charge >= 0.3 is 0 Å². The number of ether oxygens (including phenoxy) is 1. The van der Waals surface area contributed by atoms with E-state index in [1.165, 1.54) is 0 Å². The molecule has 0 bridgehead atoms. The molecule has 33 heavy (non-hydrogen) atoms. The van der Waals surface area contributed by atoms with Gasteiger partial charge in [-0.1, -0.05) is 60.7 Å². The molecule has 4 aromatic carbocycles. The van der Waals surface area contributed by atoms with Crippen LogP contribution in [0.15, 0.2) is 108 Å². The number of Topliss-reactive ketones (excluding diaryl/α,β-unsaturated/α-hetero) is 1. The Morgan fingerprint density at radius 2 is 1.45 bits per heavy atom. The summed E-state index contributed by atoms with van der Waals surface area (Å²) in [6, 6.07) is 34.5. The number of nitriles is 1. The fourth-order valence-electron chi connectivity index (χ4n) is 4.42. The van der Waals surface area contributed by atoms with Crippen molar-refractivity contribution in [1.82, 2.24) is 0 Å². The molecule has 0 N–H and O–H groups in total. The van der Waals surface area contributed by atoms with Gasteiger partial charge in [0.25, 0.3) is 0 Å². The molecule has 4 heteroatoms. The van der Waals surface area contributed by atoms with Crippen LogP contribution in [-0.2, 0) is 5.54 Å². The standard InChI is InChI=1S/C29H20N2O2/c1-33-24-16-17-25-26(18-24)29(22-8-4-2-5-9-22,23-10-6-3-7-11-23)31-27(25)28(32)21-14-12-20(19-30)13-15-21/h2-18H,1H3. The highest BCUT2D eigenvalue weighted by Crippen LogP contribution is 2.47. The molecule has 0 radical (unpaired) electrons. The molecule has 1 aliphatic rings. The van der Waals surface area contributed by atoms with Gasteiger partial charge in [-0.3, -0.25) is 9.79 Å². The van der Waals surface area contributed by atoms with Crippen molar-refractivity contribution in [3.8, 4) is 11.8 Å². The molecule has 0 spiro atoms. The van der Waals surface area contributed by atoms with Gasteiger partial charge in [0.05, 0.1) is 18.7 Å². The number of carbonyl (C=O) groups excluding carboxylic acids is 1. The third-order valence-electron chi connectivity index (χ3n) is 6.03. The van der Waals surface area contributed by atoms with E-state index in [9.17, 15) is 4.79 Å². The van der Waals surface area contributed by atoms with E-state index in [1.807, 2.05) is 78.9 Å². The number of hydrogen-bond acceptors (Lipinski definition) is 4. The van der Waals surface area contributed by atoms with Crippen LogP contribution in [-0.4, -0.2) is 18.6 Å². The van der Waals surface area contributed by atoms with E-state index in [4.69, 9.17) is 15.0 Å². The van der Waals surface area contributed by atoms with Crippen LogP contribution >= 0.6 is 0 Å². The van der Waals surface area contributed by atoms with Crippen LogP contribution in [0, 0.1) is 11.3 Å². The summed E-state index contributed by atoms with van der Waals surface area (Å²) >= 11 is 0. The van der Waals surface area contributed by atoms with Gasteiger partial charge in [-0.2, -0.15) is 5.26 Å². The van der Waals surface area contributed by atoms with E-state index in [1.54, 1.807) is 31.4 Å². The van der Waals surface area contributed by atoms with Crippen LogP contribution in [0.4, 0.5) is 0 Å². The van der Waals surface area contributed by atoms with E-state index in [-0.39, 0.29) is 5.78 Å². The molecule has 0 amide bonds. The minimum atomic E-state index is -0.885. The molecule has 0 saturated carbocycles. The summed E-state index contributed by atoms with van der Waals surface area (Å²) in [5.41, 5.74) is 4.12. The normalized spacial score (nSPS) is 13.5. The maximum Gasteiger partial charge on any atom is 0.211 e. The number of ketones is 1. The smallest absolute Gasteiger partial charge is 0.211 e. The average molecular weight is 428 g/mol. The lowest BCUT2D eigenvalue weighted by Gasteiger charge is -2.29. The molecule has 0 saturated heterocycles. The number of hydrogen-bond donors (Lipinski definition) is 0. The fraction of sp³-hybridized carbons (Fsp3) is 0.0690. The lowest BCUT2D eigenvalue weighted by Crippen LogP contribution is -2.25. The second-order valence-corrected chi connectivity index (χ2v) is 7.83. The Kier molecular flexibility index (Phi) is 5.08. The van der Waals surface area contributed by atoms with Crippen LogP contribution in [0.1, 0.15) is 38.2 Å².